The number of hydrogen-bond acceptors (Lipinski definition) is 5. The number of halogens is 3. The van der Waals surface area contributed by atoms with Gasteiger partial charge in [-0.05, 0) is 31.2 Å². The van der Waals surface area contributed by atoms with Gasteiger partial charge in [-0.15, -0.1) is 4.09 Å². The first kappa shape index (κ1) is 16.2. The standard InChI is InChI=1S/C14H9F3N2O4S/c1-8-10-7-9(14(15,16)17)4-5-11(10)23-13(8)24(21,22)19-12(20)3-2-6-18-19/h2-7H,1H3. The minimum atomic E-state index is -4.57. The monoisotopic (exact) mass is 358 g/mol. The zero-order chi connectivity index (χ0) is 17.7. The number of aryl methyl sites for hydroxylation is 1. The molecule has 2 heterocycles. The van der Waals surface area contributed by atoms with Crippen LogP contribution in [0.1, 0.15) is 11.1 Å². The van der Waals surface area contributed by atoms with Crippen molar-refractivity contribution in [3.8, 4) is 0 Å². The number of nitrogens with zero attached hydrogens (tertiary/aromatic N) is 2. The van der Waals surface area contributed by atoms with E-state index in [1.54, 1.807) is 0 Å². The van der Waals surface area contributed by atoms with Gasteiger partial charge in [-0.3, -0.25) is 4.79 Å². The smallest absolute Gasteiger partial charge is 0.416 e. The van der Waals surface area contributed by atoms with Gasteiger partial charge in [-0.2, -0.15) is 26.7 Å². The number of benzene rings is 1. The van der Waals surface area contributed by atoms with Crippen LogP contribution in [0.2, 0.25) is 0 Å². The van der Waals surface area contributed by atoms with Gasteiger partial charge < -0.3 is 4.42 Å². The van der Waals surface area contributed by atoms with E-state index in [0.29, 0.717) is 0 Å². The van der Waals surface area contributed by atoms with Crippen LogP contribution < -0.4 is 5.56 Å². The Morgan fingerprint density at radius 1 is 1.21 bits per heavy atom. The predicted octanol–water partition coefficient (Wildman–Crippen LogP) is 2.55. The van der Waals surface area contributed by atoms with Crippen LogP contribution in [-0.2, 0) is 16.2 Å². The maximum Gasteiger partial charge on any atom is 0.416 e. The summed E-state index contributed by atoms with van der Waals surface area (Å²) in [7, 11) is -4.47. The number of hydrogen-bond donors (Lipinski definition) is 0. The lowest BCUT2D eigenvalue weighted by Gasteiger charge is -2.05. The summed E-state index contributed by atoms with van der Waals surface area (Å²) >= 11 is 0. The summed E-state index contributed by atoms with van der Waals surface area (Å²) in [6.07, 6.45) is -3.48. The highest BCUT2D eigenvalue weighted by atomic mass is 32.2. The summed E-state index contributed by atoms with van der Waals surface area (Å²) < 4.78 is 68.8. The first-order valence-corrected chi connectivity index (χ1v) is 7.96. The van der Waals surface area contributed by atoms with Gasteiger partial charge in [-0.1, -0.05) is 0 Å². The largest absolute Gasteiger partial charge is 0.442 e. The van der Waals surface area contributed by atoms with E-state index in [-0.39, 0.29) is 20.6 Å². The van der Waals surface area contributed by atoms with Gasteiger partial charge in [0.05, 0.1) is 5.56 Å². The zero-order valence-electron chi connectivity index (χ0n) is 12.0. The molecule has 0 N–H and O–H groups in total. The molecule has 0 amide bonds. The molecule has 0 unspecified atom stereocenters. The van der Waals surface area contributed by atoms with E-state index in [2.05, 4.69) is 5.10 Å². The van der Waals surface area contributed by atoms with Crippen molar-refractivity contribution in [2.45, 2.75) is 18.2 Å². The molecule has 6 nitrogen and oxygen atoms in total. The number of fused-ring (bicyclic) bond motifs is 1. The van der Waals surface area contributed by atoms with E-state index in [0.717, 1.165) is 30.5 Å². The van der Waals surface area contributed by atoms with Crippen LogP contribution in [0.4, 0.5) is 13.2 Å². The van der Waals surface area contributed by atoms with Gasteiger partial charge >= 0.3 is 16.2 Å². The molecular weight excluding hydrogens is 349 g/mol. The van der Waals surface area contributed by atoms with Crippen molar-refractivity contribution < 1.29 is 26.0 Å². The summed E-state index contributed by atoms with van der Waals surface area (Å²) in [5, 5.41) is 2.84. The molecule has 24 heavy (non-hydrogen) atoms. The lowest BCUT2D eigenvalue weighted by atomic mass is 10.1. The van der Waals surface area contributed by atoms with Crippen molar-refractivity contribution in [3.63, 3.8) is 0 Å². The van der Waals surface area contributed by atoms with Crippen molar-refractivity contribution in [1.82, 2.24) is 9.19 Å². The Kier molecular flexibility index (Phi) is 3.52. The first-order valence-electron chi connectivity index (χ1n) is 6.52. The topological polar surface area (TPSA) is 82.2 Å². The summed E-state index contributed by atoms with van der Waals surface area (Å²) in [5.41, 5.74) is -1.91. The van der Waals surface area contributed by atoms with Crippen molar-refractivity contribution in [2.24, 2.45) is 0 Å². The zero-order valence-corrected chi connectivity index (χ0v) is 12.9. The lowest BCUT2D eigenvalue weighted by Crippen LogP contribution is -2.28. The van der Waals surface area contributed by atoms with Gasteiger partial charge in [0.25, 0.3) is 5.56 Å². The van der Waals surface area contributed by atoms with E-state index in [9.17, 15) is 26.4 Å². The molecule has 0 saturated carbocycles. The van der Waals surface area contributed by atoms with Crippen LogP contribution in [0.25, 0.3) is 11.0 Å². The van der Waals surface area contributed by atoms with Crippen molar-refractivity contribution in [2.75, 3.05) is 0 Å². The fraction of sp³-hybridized carbons (Fsp3) is 0.143. The molecule has 10 heteroatoms. The second-order valence-electron chi connectivity index (χ2n) is 4.93. The van der Waals surface area contributed by atoms with Crippen LogP contribution in [0.5, 0.6) is 0 Å². The van der Waals surface area contributed by atoms with Crippen LogP contribution >= 0.6 is 0 Å². The number of rotatable bonds is 2. The van der Waals surface area contributed by atoms with E-state index in [1.165, 1.54) is 13.0 Å². The highest BCUT2D eigenvalue weighted by Crippen LogP contribution is 2.35. The van der Waals surface area contributed by atoms with E-state index >= 15 is 0 Å². The third-order valence-corrected chi connectivity index (χ3v) is 4.95. The molecule has 0 aliphatic heterocycles. The molecule has 2 aromatic heterocycles. The average molecular weight is 358 g/mol. The van der Waals surface area contributed by atoms with E-state index in [4.69, 9.17) is 4.42 Å². The number of aromatic nitrogens is 2. The Labute approximate surface area is 133 Å². The van der Waals surface area contributed by atoms with Crippen molar-refractivity contribution in [1.29, 1.82) is 0 Å². The Balaban J connectivity index is 2.26. The van der Waals surface area contributed by atoms with E-state index < -0.39 is 32.4 Å². The summed E-state index contributed by atoms with van der Waals surface area (Å²) in [5.74, 6) is 0. The van der Waals surface area contributed by atoms with Gasteiger partial charge in [-0.25, -0.2) is 0 Å². The minimum Gasteiger partial charge on any atom is -0.442 e. The molecule has 1 aromatic carbocycles. The summed E-state index contributed by atoms with van der Waals surface area (Å²) in [6.45, 7) is 1.30. The predicted molar refractivity (Wildman–Crippen MR) is 77.0 cm³/mol. The highest BCUT2D eigenvalue weighted by molar-refractivity contribution is 7.89. The van der Waals surface area contributed by atoms with E-state index in [1.807, 2.05) is 0 Å². The third kappa shape index (κ3) is 2.48. The van der Waals surface area contributed by atoms with Gasteiger partial charge in [0.2, 0.25) is 5.09 Å². The molecule has 0 atom stereocenters. The SMILES string of the molecule is Cc1c(S(=O)(=O)n2ncccc2=O)oc2ccc(C(F)(F)F)cc12. The molecule has 3 aromatic rings. The molecule has 126 valence electrons. The Morgan fingerprint density at radius 2 is 1.92 bits per heavy atom. The second kappa shape index (κ2) is 5.20. The van der Waals surface area contributed by atoms with Crippen LogP contribution in [-0.4, -0.2) is 17.6 Å². The Bertz CT molecular complexity index is 1100. The molecule has 0 saturated heterocycles. The maximum absolute atomic E-state index is 12.8. The molecule has 3 rings (SSSR count). The first-order chi connectivity index (χ1) is 11.1. The number of alkyl halides is 3. The maximum atomic E-state index is 12.8. The Morgan fingerprint density at radius 3 is 2.54 bits per heavy atom. The van der Waals surface area contributed by atoms with Gasteiger partial charge in [0.1, 0.15) is 5.58 Å². The average Bonchev–Trinajstić information content (AvgIpc) is 2.84. The van der Waals surface area contributed by atoms with Gasteiger partial charge in [0, 0.05) is 23.2 Å². The molecule has 0 fully saturated rings. The van der Waals surface area contributed by atoms with Crippen molar-refractivity contribution in [3.05, 3.63) is 58.0 Å². The Hall–Kier alpha value is -2.62. The lowest BCUT2D eigenvalue weighted by molar-refractivity contribution is -0.137. The fourth-order valence-corrected chi connectivity index (χ4v) is 3.55. The quantitative estimate of drug-likeness (QED) is 0.703. The molecule has 0 spiro atoms. The molecule has 0 bridgehead atoms. The molecule has 0 aliphatic rings. The molecular formula is C14H9F3N2O4S. The molecule has 0 aliphatic carbocycles. The number of furan rings is 1. The van der Waals surface area contributed by atoms with Crippen LogP contribution in [0.15, 0.2) is 50.8 Å². The van der Waals surface area contributed by atoms with Crippen molar-refractivity contribution >= 4 is 21.0 Å². The highest BCUT2D eigenvalue weighted by Gasteiger charge is 2.33. The van der Waals surface area contributed by atoms with Crippen LogP contribution in [0.3, 0.4) is 0 Å². The minimum absolute atomic E-state index is 0.00706. The molecule has 0 radical (unpaired) electrons. The van der Waals surface area contributed by atoms with Crippen LogP contribution in [0, 0.1) is 6.92 Å². The second-order valence-corrected chi connectivity index (χ2v) is 6.60. The normalized spacial score (nSPS) is 12.7. The summed E-state index contributed by atoms with van der Waals surface area (Å²) in [6, 6.07) is 4.87. The third-order valence-electron chi connectivity index (χ3n) is 3.37. The van der Waals surface area contributed by atoms with Gasteiger partial charge in [0.15, 0.2) is 0 Å². The fourth-order valence-electron chi connectivity index (χ4n) is 2.22. The summed E-state index contributed by atoms with van der Waals surface area (Å²) in [4.78, 5) is 11.7.